The molecule has 3 aromatic heterocycles. The van der Waals surface area contributed by atoms with E-state index in [1.54, 1.807) is 47.2 Å². The number of H-pyrrole nitrogens is 1. The third-order valence-corrected chi connectivity index (χ3v) is 5.73. The maximum absolute atomic E-state index is 12.9. The van der Waals surface area contributed by atoms with Crippen LogP contribution in [0.25, 0.3) is 16.9 Å². The highest BCUT2D eigenvalue weighted by Gasteiger charge is 2.18. The zero-order valence-corrected chi connectivity index (χ0v) is 19.5. The van der Waals surface area contributed by atoms with E-state index in [0.717, 1.165) is 16.8 Å². The van der Waals surface area contributed by atoms with E-state index in [1.807, 2.05) is 42.3 Å². The number of benzene rings is 2. The number of nitrogens with one attached hydrogen (secondary N) is 2. The van der Waals surface area contributed by atoms with Gasteiger partial charge in [-0.15, -0.1) is 0 Å². The minimum atomic E-state index is -0.347. The zero-order valence-electron chi connectivity index (χ0n) is 18.0. The van der Waals surface area contributed by atoms with Crippen LogP contribution in [0.3, 0.4) is 0 Å². The minimum absolute atomic E-state index is 0.238. The van der Waals surface area contributed by atoms with Crippen molar-refractivity contribution >= 4 is 46.3 Å². The summed E-state index contributed by atoms with van der Waals surface area (Å²) in [5.41, 5.74) is 4.01. The van der Waals surface area contributed by atoms with Gasteiger partial charge in [0.25, 0.3) is 5.91 Å². The normalized spacial score (nSPS) is 11.0. The molecule has 0 aliphatic carbocycles. The summed E-state index contributed by atoms with van der Waals surface area (Å²) in [5, 5.41) is 15.5. The number of nitrogens with zero attached hydrogens (tertiary/aromatic N) is 5. The molecule has 5 aromatic rings. The van der Waals surface area contributed by atoms with E-state index >= 15 is 0 Å². The largest absolute Gasteiger partial charge is 0.355 e. The van der Waals surface area contributed by atoms with E-state index in [0.29, 0.717) is 33.7 Å². The van der Waals surface area contributed by atoms with Gasteiger partial charge in [-0.25, -0.2) is 9.50 Å². The van der Waals surface area contributed by atoms with Gasteiger partial charge in [0.05, 0.1) is 11.9 Å². The number of carbonyl (C=O) groups is 1. The third-order valence-electron chi connectivity index (χ3n) is 5.24. The molecule has 0 unspecified atom stereocenters. The fraction of sp³-hybridized carbons (Fsp3) is 0.0833. The van der Waals surface area contributed by atoms with E-state index in [1.165, 1.54) is 0 Å². The molecule has 10 heteroatoms. The van der Waals surface area contributed by atoms with Crippen molar-refractivity contribution in [2.75, 3.05) is 17.3 Å². The second-order valence-electron chi connectivity index (χ2n) is 7.73. The molecular weight excluding hydrogens is 473 g/mol. The predicted molar refractivity (Wildman–Crippen MR) is 134 cm³/mol. The van der Waals surface area contributed by atoms with Gasteiger partial charge in [-0.05, 0) is 42.0 Å². The van der Waals surface area contributed by atoms with Gasteiger partial charge >= 0.3 is 0 Å². The molecule has 8 nitrogen and oxygen atoms in total. The van der Waals surface area contributed by atoms with Gasteiger partial charge in [0.15, 0.2) is 11.3 Å². The monoisotopic (exact) mass is 491 g/mol. The van der Waals surface area contributed by atoms with Crippen LogP contribution >= 0.6 is 23.2 Å². The number of amides is 1. The lowest BCUT2D eigenvalue weighted by atomic mass is 10.2. The van der Waals surface area contributed by atoms with Crippen molar-refractivity contribution < 1.29 is 4.79 Å². The molecular formula is C24H19Cl2N7O. The number of hydrogen-bond acceptors (Lipinski definition) is 5. The van der Waals surface area contributed by atoms with Crippen molar-refractivity contribution in [3.8, 4) is 11.3 Å². The van der Waals surface area contributed by atoms with E-state index in [4.69, 9.17) is 28.2 Å². The van der Waals surface area contributed by atoms with Crippen molar-refractivity contribution in [2.24, 2.45) is 0 Å². The number of halogens is 2. The van der Waals surface area contributed by atoms with Crippen LogP contribution in [0.5, 0.6) is 0 Å². The molecule has 0 radical (unpaired) electrons. The third kappa shape index (κ3) is 4.59. The quantitative estimate of drug-likeness (QED) is 0.335. The van der Waals surface area contributed by atoms with Crippen LogP contribution < -0.4 is 10.2 Å². The average molecular weight is 492 g/mol. The first kappa shape index (κ1) is 21.9. The number of carbonyl (C=O) groups excluding carboxylic acids is 1. The molecule has 2 N–H and O–H groups in total. The molecule has 0 saturated heterocycles. The number of fused-ring (bicyclic) bond motifs is 1. The smallest absolute Gasteiger partial charge is 0.276 e. The molecule has 0 saturated carbocycles. The van der Waals surface area contributed by atoms with Crippen LogP contribution in [-0.2, 0) is 6.54 Å². The Balaban J connectivity index is 1.51. The molecule has 2 aromatic carbocycles. The molecule has 0 aliphatic rings. The Morgan fingerprint density at radius 3 is 2.65 bits per heavy atom. The molecule has 0 fully saturated rings. The summed E-state index contributed by atoms with van der Waals surface area (Å²) in [7, 11) is 1.95. The van der Waals surface area contributed by atoms with E-state index < -0.39 is 0 Å². The molecule has 5 rings (SSSR count). The standard InChI is InChI=1S/C24H19Cl2N7O/c1-32(14-15-3-2-4-18(26)9-15)22-11-21(16-12-27-28-13-16)33-23(30-22)10-20(31-33)24(34)29-19-7-5-17(25)6-8-19/h2-13H,14H2,1H3,(H,27,28)(H,29,34). The first-order valence-electron chi connectivity index (χ1n) is 10.4. The minimum Gasteiger partial charge on any atom is -0.355 e. The fourth-order valence-corrected chi connectivity index (χ4v) is 3.92. The first-order valence-corrected chi connectivity index (χ1v) is 11.1. The van der Waals surface area contributed by atoms with Crippen molar-refractivity contribution in [1.29, 1.82) is 0 Å². The van der Waals surface area contributed by atoms with Gasteiger partial charge in [0, 0.05) is 53.2 Å². The molecule has 34 heavy (non-hydrogen) atoms. The number of aromatic nitrogens is 5. The van der Waals surface area contributed by atoms with Crippen LogP contribution in [0.2, 0.25) is 10.0 Å². The maximum Gasteiger partial charge on any atom is 0.276 e. The highest BCUT2D eigenvalue weighted by Crippen LogP contribution is 2.26. The number of hydrogen-bond donors (Lipinski definition) is 2. The summed E-state index contributed by atoms with van der Waals surface area (Å²) >= 11 is 12.1. The zero-order chi connectivity index (χ0) is 23.7. The second kappa shape index (κ2) is 9.17. The highest BCUT2D eigenvalue weighted by atomic mass is 35.5. The van der Waals surface area contributed by atoms with Gasteiger partial charge in [-0.1, -0.05) is 35.3 Å². The summed E-state index contributed by atoms with van der Waals surface area (Å²) in [6, 6.07) is 18.1. The van der Waals surface area contributed by atoms with Gasteiger partial charge in [-0.3, -0.25) is 9.89 Å². The SMILES string of the molecule is CN(Cc1cccc(Cl)c1)c1cc(-c2cn[nH]c2)n2nc(C(=O)Nc3ccc(Cl)cc3)cc2n1. The molecule has 170 valence electrons. The Morgan fingerprint density at radius 1 is 1.09 bits per heavy atom. The first-order chi connectivity index (χ1) is 16.5. The van der Waals surface area contributed by atoms with Gasteiger partial charge in [0.1, 0.15) is 5.82 Å². The summed E-state index contributed by atoms with van der Waals surface area (Å²) in [6.07, 6.45) is 3.47. The lowest BCUT2D eigenvalue weighted by Crippen LogP contribution is -2.18. The topological polar surface area (TPSA) is 91.2 Å². The van der Waals surface area contributed by atoms with Gasteiger partial charge in [0.2, 0.25) is 0 Å². The van der Waals surface area contributed by atoms with E-state index in [9.17, 15) is 4.79 Å². The fourth-order valence-electron chi connectivity index (χ4n) is 3.58. The van der Waals surface area contributed by atoms with Crippen molar-refractivity contribution in [2.45, 2.75) is 6.54 Å². The Hall–Kier alpha value is -3.88. The number of anilines is 2. The summed E-state index contributed by atoms with van der Waals surface area (Å²) < 4.78 is 1.64. The van der Waals surface area contributed by atoms with E-state index in [-0.39, 0.29) is 11.6 Å². The lowest BCUT2D eigenvalue weighted by molar-refractivity contribution is 0.102. The van der Waals surface area contributed by atoms with Crippen molar-refractivity contribution in [1.82, 2.24) is 24.8 Å². The van der Waals surface area contributed by atoms with Gasteiger partial charge < -0.3 is 10.2 Å². The second-order valence-corrected chi connectivity index (χ2v) is 8.61. The Kier molecular flexibility index (Phi) is 5.91. The molecule has 1 amide bonds. The molecule has 0 aliphatic heterocycles. The van der Waals surface area contributed by atoms with Crippen LogP contribution in [0, 0.1) is 0 Å². The van der Waals surface area contributed by atoms with Crippen LogP contribution in [0.4, 0.5) is 11.5 Å². The highest BCUT2D eigenvalue weighted by molar-refractivity contribution is 6.30. The average Bonchev–Trinajstić information content (AvgIpc) is 3.50. The molecule has 0 atom stereocenters. The Morgan fingerprint density at radius 2 is 1.91 bits per heavy atom. The Bertz CT molecular complexity index is 1460. The summed E-state index contributed by atoms with van der Waals surface area (Å²) in [5.74, 6) is 0.369. The van der Waals surface area contributed by atoms with Crippen molar-refractivity contribution in [3.63, 3.8) is 0 Å². The lowest BCUT2D eigenvalue weighted by Gasteiger charge is -2.19. The summed E-state index contributed by atoms with van der Waals surface area (Å²) in [4.78, 5) is 19.6. The van der Waals surface area contributed by atoms with Crippen LogP contribution in [0.1, 0.15) is 16.1 Å². The summed E-state index contributed by atoms with van der Waals surface area (Å²) in [6.45, 7) is 0.604. The molecule has 0 bridgehead atoms. The number of aromatic amines is 1. The Labute approximate surface area is 205 Å². The maximum atomic E-state index is 12.9. The van der Waals surface area contributed by atoms with Crippen LogP contribution in [0.15, 0.2) is 73.1 Å². The molecule has 3 heterocycles. The molecule has 0 spiro atoms. The predicted octanol–water partition coefficient (Wildman–Crippen LogP) is 5.31. The van der Waals surface area contributed by atoms with E-state index in [2.05, 4.69) is 20.6 Å². The van der Waals surface area contributed by atoms with Crippen molar-refractivity contribution in [3.05, 3.63) is 94.4 Å². The van der Waals surface area contributed by atoms with Gasteiger partial charge in [-0.2, -0.15) is 10.2 Å². The van der Waals surface area contributed by atoms with Crippen LogP contribution in [-0.4, -0.2) is 37.8 Å². The number of rotatable bonds is 6.